The molecule has 2 aromatic rings. The number of aryl methyl sites for hydroxylation is 1. The molecule has 1 aromatic carbocycles. The van der Waals surface area contributed by atoms with Gasteiger partial charge < -0.3 is 14.7 Å². The van der Waals surface area contributed by atoms with E-state index >= 15 is 0 Å². The van der Waals surface area contributed by atoms with Crippen molar-refractivity contribution >= 4 is 5.91 Å². The van der Waals surface area contributed by atoms with Crippen LogP contribution in [0.5, 0.6) is 5.75 Å². The average molecular weight is 345 g/mol. The van der Waals surface area contributed by atoms with Crippen molar-refractivity contribution in [3.8, 4) is 5.75 Å². The van der Waals surface area contributed by atoms with Gasteiger partial charge in [-0.25, -0.2) is 14.4 Å². The molecule has 0 spiro atoms. The van der Waals surface area contributed by atoms with Crippen LogP contribution in [0.15, 0.2) is 36.7 Å². The number of carbonyl (C=O) groups is 1. The first-order chi connectivity index (χ1) is 11.8. The summed E-state index contributed by atoms with van der Waals surface area (Å²) < 4.78 is 19.0. The molecular weight excluding hydrogens is 325 g/mol. The normalized spacial score (nSPS) is 23.4. The van der Waals surface area contributed by atoms with Gasteiger partial charge in [-0.1, -0.05) is 6.07 Å². The molecule has 25 heavy (non-hydrogen) atoms. The van der Waals surface area contributed by atoms with Crippen LogP contribution in [-0.4, -0.2) is 50.7 Å². The lowest BCUT2D eigenvalue weighted by atomic mass is 9.91. The molecule has 2 atom stereocenters. The van der Waals surface area contributed by atoms with Crippen LogP contribution in [0.1, 0.15) is 29.5 Å². The molecule has 1 fully saturated rings. The van der Waals surface area contributed by atoms with E-state index in [-0.39, 0.29) is 12.5 Å². The largest absolute Gasteiger partial charge is 0.487 e. The maximum Gasteiger partial charge on any atom is 0.257 e. The number of likely N-dealkylation sites (tertiary alicyclic amines) is 1. The fourth-order valence-corrected chi connectivity index (χ4v) is 2.90. The Kier molecular flexibility index (Phi) is 4.67. The SMILES string of the molecule is Cc1ncc(C(=O)N2CC[C@H](Oc3cccc(F)c3)[C@@](C)(O)C2)cn1. The van der Waals surface area contributed by atoms with Gasteiger partial charge in [-0.3, -0.25) is 4.79 Å². The molecule has 0 saturated carbocycles. The van der Waals surface area contributed by atoms with Gasteiger partial charge in [-0.2, -0.15) is 0 Å². The number of carbonyl (C=O) groups excluding carboxylic acids is 1. The lowest BCUT2D eigenvalue weighted by Gasteiger charge is -2.42. The Bertz CT molecular complexity index is 764. The second-order valence-electron chi connectivity index (χ2n) is 6.46. The summed E-state index contributed by atoms with van der Waals surface area (Å²) in [6.07, 6.45) is 2.86. The summed E-state index contributed by atoms with van der Waals surface area (Å²) in [6.45, 7) is 3.89. The van der Waals surface area contributed by atoms with Gasteiger partial charge in [0.25, 0.3) is 5.91 Å². The van der Waals surface area contributed by atoms with Crippen LogP contribution in [0.4, 0.5) is 4.39 Å². The number of halogens is 1. The van der Waals surface area contributed by atoms with Crippen LogP contribution in [0.3, 0.4) is 0 Å². The minimum atomic E-state index is -1.26. The van der Waals surface area contributed by atoms with Crippen molar-refractivity contribution in [2.45, 2.75) is 32.0 Å². The van der Waals surface area contributed by atoms with Crippen LogP contribution in [-0.2, 0) is 0 Å². The number of rotatable bonds is 3. The molecule has 0 aliphatic carbocycles. The number of hydrogen-bond donors (Lipinski definition) is 1. The van der Waals surface area contributed by atoms with Crippen LogP contribution >= 0.6 is 0 Å². The van der Waals surface area contributed by atoms with E-state index in [4.69, 9.17) is 4.74 Å². The second-order valence-corrected chi connectivity index (χ2v) is 6.46. The zero-order valence-corrected chi connectivity index (χ0v) is 14.1. The van der Waals surface area contributed by atoms with Crippen LogP contribution in [0, 0.1) is 12.7 Å². The van der Waals surface area contributed by atoms with Crippen LogP contribution in [0.2, 0.25) is 0 Å². The number of ether oxygens (including phenoxy) is 1. The Hall–Kier alpha value is -2.54. The minimum absolute atomic E-state index is 0.111. The maximum atomic E-state index is 13.3. The first kappa shape index (κ1) is 17.3. The quantitative estimate of drug-likeness (QED) is 0.920. The lowest BCUT2D eigenvalue weighted by molar-refractivity contribution is -0.0900. The van der Waals surface area contributed by atoms with E-state index in [1.54, 1.807) is 30.9 Å². The van der Waals surface area contributed by atoms with Gasteiger partial charge in [0.05, 0.1) is 12.1 Å². The Labute approximate surface area is 145 Å². The van der Waals surface area contributed by atoms with Gasteiger partial charge in [0.2, 0.25) is 0 Å². The van der Waals surface area contributed by atoms with Gasteiger partial charge in [0.15, 0.2) is 0 Å². The monoisotopic (exact) mass is 345 g/mol. The molecule has 0 radical (unpaired) electrons. The van der Waals surface area contributed by atoms with E-state index in [0.29, 0.717) is 30.1 Å². The van der Waals surface area contributed by atoms with Crippen molar-refractivity contribution in [3.63, 3.8) is 0 Å². The summed E-state index contributed by atoms with van der Waals surface area (Å²) >= 11 is 0. The van der Waals surface area contributed by atoms with Gasteiger partial charge in [0, 0.05) is 31.4 Å². The average Bonchev–Trinajstić information content (AvgIpc) is 2.56. The summed E-state index contributed by atoms with van der Waals surface area (Å²) in [6, 6.07) is 5.79. The Morgan fingerprint density at radius 2 is 2.12 bits per heavy atom. The minimum Gasteiger partial charge on any atom is -0.487 e. The molecule has 0 bridgehead atoms. The molecule has 1 aliphatic rings. The molecule has 7 heteroatoms. The zero-order valence-electron chi connectivity index (χ0n) is 14.1. The van der Waals surface area contributed by atoms with Gasteiger partial charge in [0.1, 0.15) is 29.1 Å². The molecule has 132 valence electrons. The summed E-state index contributed by atoms with van der Waals surface area (Å²) in [5, 5.41) is 10.7. The number of β-amino-alcohol motifs (C(OH)–C–C–N with tert-alkyl or cyclic N) is 1. The molecule has 1 N–H and O–H groups in total. The number of hydrogen-bond acceptors (Lipinski definition) is 5. The number of aliphatic hydroxyl groups is 1. The van der Waals surface area contributed by atoms with Crippen LogP contribution < -0.4 is 4.74 Å². The van der Waals surface area contributed by atoms with Crippen molar-refractivity contribution in [2.75, 3.05) is 13.1 Å². The van der Waals surface area contributed by atoms with E-state index in [9.17, 15) is 14.3 Å². The summed E-state index contributed by atoms with van der Waals surface area (Å²) in [4.78, 5) is 22.2. The predicted molar refractivity (Wildman–Crippen MR) is 88.7 cm³/mol. The smallest absolute Gasteiger partial charge is 0.257 e. The third-order valence-electron chi connectivity index (χ3n) is 4.26. The maximum absolute atomic E-state index is 13.3. The molecule has 1 aliphatic heterocycles. The zero-order chi connectivity index (χ0) is 18.0. The number of aromatic nitrogens is 2. The molecule has 1 amide bonds. The molecule has 2 heterocycles. The van der Waals surface area contributed by atoms with Crippen LogP contribution in [0.25, 0.3) is 0 Å². The molecule has 0 unspecified atom stereocenters. The number of nitrogens with zero attached hydrogens (tertiary/aromatic N) is 3. The summed E-state index contributed by atoms with van der Waals surface area (Å²) in [5.41, 5.74) is -0.878. The van der Waals surface area contributed by atoms with Crippen molar-refractivity contribution < 1.29 is 19.0 Å². The highest BCUT2D eigenvalue weighted by atomic mass is 19.1. The van der Waals surface area contributed by atoms with Crippen molar-refractivity contribution in [1.29, 1.82) is 0 Å². The fraction of sp³-hybridized carbons (Fsp3) is 0.389. The first-order valence-electron chi connectivity index (χ1n) is 8.08. The lowest BCUT2D eigenvalue weighted by Crippen LogP contribution is -2.58. The van der Waals surface area contributed by atoms with Crippen molar-refractivity contribution in [3.05, 3.63) is 53.9 Å². The number of benzene rings is 1. The second kappa shape index (κ2) is 6.76. The summed E-state index contributed by atoms with van der Waals surface area (Å²) in [5.74, 6) is 0.316. The highest BCUT2D eigenvalue weighted by molar-refractivity contribution is 5.93. The molecule has 1 aromatic heterocycles. The van der Waals surface area contributed by atoms with Gasteiger partial charge in [-0.15, -0.1) is 0 Å². The van der Waals surface area contributed by atoms with Gasteiger partial charge >= 0.3 is 0 Å². The topological polar surface area (TPSA) is 75.6 Å². The van der Waals surface area contributed by atoms with Crippen molar-refractivity contribution in [2.24, 2.45) is 0 Å². The highest BCUT2D eigenvalue weighted by Gasteiger charge is 2.41. The third-order valence-corrected chi connectivity index (χ3v) is 4.26. The fourth-order valence-electron chi connectivity index (χ4n) is 2.90. The molecule has 1 saturated heterocycles. The Balaban J connectivity index is 1.69. The highest BCUT2D eigenvalue weighted by Crippen LogP contribution is 2.27. The van der Waals surface area contributed by atoms with E-state index in [0.717, 1.165) is 0 Å². The Morgan fingerprint density at radius 3 is 2.76 bits per heavy atom. The van der Waals surface area contributed by atoms with Gasteiger partial charge in [-0.05, 0) is 26.0 Å². The van der Waals surface area contributed by atoms with E-state index in [2.05, 4.69) is 9.97 Å². The number of amides is 1. The Morgan fingerprint density at radius 1 is 1.40 bits per heavy atom. The van der Waals surface area contributed by atoms with E-state index < -0.39 is 17.5 Å². The predicted octanol–water partition coefficient (Wildman–Crippen LogP) is 1.97. The first-order valence-corrected chi connectivity index (χ1v) is 8.08. The summed E-state index contributed by atoms with van der Waals surface area (Å²) in [7, 11) is 0. The molecule has 3 rings (SSSR count). The molecular formula is C18H20FN3O3. The number of piperidine rings is 1. The molecule has 6 nitrogen and oxygen atoms in total. The van der Waals surface area contributed by atoms with E-state index in [1.807, 2.05) is 0 Å². The standard InChI is InChI=1S/C18H20FN3O3/c1-12-20-9-13(10-21-12)17(23)22-7-6-16(18(2,24)11-22)25-15-5-3-4-14(19)8-15/h3-5,8-10,16,24H,6-7,11H2,1-2H3/t16-,18-/m0/s1. The van der Waals surface area contributed by atoms with Crippen molar-refractivity contribution in [1.82, 2.24) is 14.9 Å². The third kappa shape index (κ3) is 3.93. The van der Waals surface area contributed by atoms with E-state index in [1.165, 1.54) is 24.5 Å².